The molecule has 2 heterocycles. The molecule has 0 radical (unpaired) electrons. The number of urea groups is 1. The average Bonchev–Trinajstić information content (AvgIpc) is 2.68. The lowest BCUT2D eigenvalue weighted by Crippen LogP contribution is -2.47. The summed E-state index contributed by atoms with van der Waals surface area (Å²) in [5.74, 6) is -0.482. The van der Waals surface area contributed by atoms with Gasteiger partial charge in [-0.15, -0.1) is 0 Å². The summed E-state index contributed by atoms with van der Waals surface area (Å²) in [6.45, 7) is 3.85. The van der Waals surface area contributed by atoms with Gasteiger partial charge in [0.15, 0.2) is 0 Å². The second-order valence-electron chi connectivity index (χ2n) is 6.74. The number of hydrogen-bond donors (Lipinski definition) is 3. The molecule has 0 bridgehead atoms. The zero-order valence-electron chi connectivity index (χ0n) is 15.8. The predicted octanol–water partition coefficient (Wildman–Crippen LogP) is 3.62. The molecule has 1 saturated heterocycles. The van der Waals surface area contributed by atoms with Crippen LogP contribution in [-0.4, -0.2) is 58.2 Å². The monoisotopic (exact) mass is 421 g/mol. The third-order valence-corrected chi connectivity index (χ3v) is 4.90. The lowest BCUT2D eigenvalue weighted by atomic mass is 10.1. The minimum Gasteiger partial charge on any atom is -0.465 e. The quantitative estimate of drug-likeness (QED) is 0.700. The van der Waals surface area contributed by atoms with E-state index in [0.717, 1.165) is 11.8 Å². The lowest BCUT2D eigenvalue weighted by molar-refractivity contribution is 0.102. The summed E-state index contributed by atoms with van der Waals surface area (Å²) in [7, 11) is 0. The lowest BCUT2D eigenvalue weighted by Gasteiger charge is -2.33. The maximum atomic E-state index is 14.4. The fourth-order valence-electron chi connectivity index (χ4n) is 2.98. The van der Waals surface area contributed by atoms with Crippen LogP contribution in [0.25, 0.3) is 0 Å². The van der Waals surface area contributed by atoms with Crippen LogP contribution < -0.4 is 10.6 Å². The first-order chi connectivity index (χ1) is 13.8. The van der Waals surface area contributed by atoms with E-state index in [1.807, 2.05) is 11.8 Å². The number of aromatic nitrogens is 1. The van der Waals surface area contributed by atoms with Crippen molar-refractivity contribution in [1.82, 2.24) is 14.8 Å². The number of rotatable bonds is 4. The molecule has 2 aromatic rings. The van der Waals surface area contributed by atoms with Crippen LogP contribution in [0.2, 0.25) is 5.02 Å². The summed E-state index contributed by atoms with van der Waals surface area (Å²) in [4.78, 5) is 30.6. The van der Waals surface area contributed by atoms with Crippen LogP contribution in [0.4, 0.5) is 25.4 Å². The highest BCUT2D eigenvalue weighted by molar-refractivity contribution is 6.33. The fourth-order valence-corrected chi connectivity index (χ4v) is 3.17. The molecule has 0 unspecified atom stereocenters. The Morgan fingerprint density at radius 1 is 1.21 bits per heavy atom. The van der Waals surface area contributed by atoms with E-state index in [4.69, 9.17) is 16.7 Å². The Kier molecular flexibility index (Phi) is 6.50. The molecule has 10 heteroatoms. The number of piperazine rings is 1. The minimum atomic E-state index is -0.955. The Morgan fingerprint density at radius 3 is 2.55 bits per heavy atom. The maximum Gasteiger partial charge on any atom is 0.407 e. The van der Waals surface area contributed by atoms with Crippen molar-refractivity contribution in [2.24, 2.45) is 0 Å². The molecule has 0 aliphatic carbocycles. The van der Waals surface area contributed by atoms with Gasteiger partial charge in [0, 0.05) is 44.0 Å². The van der Waals surface area contributed by atoms with E-state index < -0.39 is 17.9 Å². The predicted molar refractivity (Wildman–Crippen MR) is 108 cm³/mol. The SMILES string of the molecule is Cc1ccc(NC(=O)Nc2cc(CN3CCN(C(=O)O)CC3)c(F)cc2Cl)cn1. The zero-order valence-corrected chi connectivity index (χ0v) is 16.5. The van der Waals surface area contributed by atoms with Crippen LogP contribution in [-0.2, 0) is 6.54 Å². The van der Waals surface area contributed by atoms with Gasteiger partial charge >= 0.3 is 12.1 Å². The standard InChI is InChI=1S/C19H21ClFN5O3/c1-12-2-3-14(10-22-12)23-18(27)24-17-8-13(16(21)9-15(17)20)11-25-4-6-26(7-5-25)19(28)29/h2-3,8-10H,4-7,11H2,1H3,(H,28,29)(H2,23,24,27). The molecule has 1 aromatic carbocycles. The van der Waals surface area contributed by atoms with Gasteiger partial charge in [0.05, 0.1) is 22.6 Å². The third kappa shape index (κ3) is 5.55. The molecule has 29 heavy (non-hydrogen) atoms. The van der Waals surface area contributed by atoms with E-state index in [-0.39, 0.29) is 17.3 Å². The van der Waals surface area contributed by atoms with E-state index in [1.165, 1.54) is 17.2 Å². The number of carbonyl (C=O) groups excluding carboxylic acids is 1. The molecular weight excluding hydrogens is 401 g/mol. The van der Waals surface area contributed by atoms with Gasteiger partial charge < -0.3 is 20.6 Å². The van der Waals surface area contributed by atoms with Gasteiger partial charge in [-0.05, 0) is 31.2 Å². The van der Waals surface area contributed by atoms with Crippen molar-refractivity contribution in [1.29, 1.82) is 0 Å². The van der Waals surface area contributed by atoms with Crippen LogP contribution in [0.3, 0.4) is 0 Å². The Balaban J connectivity index is 1.65. The molecule has 0 atom stereocenters. The van der Waals surface area contributed by atoms with Crippen LogP contribution in [0.5, 0.6) is 0 Å². The van der Waals surface area contributed by atoms with Crippen molar-refractivity contribution in [2.75, 3.05) is 36.8 Å². The molecule has 3 rings (SSSR count). The van der Waals surface area contributed by atoms with Crippen LogP contribution in [0.15, 0.2) is 30.5 Å². The van der Waals surface area contributed by atoms with Gasteiger partial charge in [-0.3, -0.25) is 9.88 Å². The molecule has 1 aliphatic heterocycles. The van der Waals surface area contributed by atoms with E-state index in [9.17, 15) is 14.0 Å². The number of carboxylic acid groups (broad SMARTS) is 1. The van der Waals surface area contributed by atoms with Crippen molar-refractivity contribution in [3.63, 3.8) is 0 Å². The summed E-state index contributed by atoms with van der Waals surface area (Å²) in [5.41, 5.74) is 1.99. The van der Waals surface area contributed by atoms with Gasteiger partial charge in [-0.1, -0.05) is 11.6 Å². The van der Waals surface area contributed by atoms with Crippen molar-refractivity contribution < 1.29 is 19.1 Å². The van der Waals surface area contributed by atoms with Gasteiger partial charge in [-0.2, -0.15) is 0 Å². The Bertz CT molecular complexity index is 901. The molecule has 0 saturated carbocycles. The second kappa shape index (κ2) is 9.06. The summed E-state index contributed by atoms with van der Waals surface area (Å²) >= 11 is 6.09. The number of anilines is 2. The van der Waals surface area contributed by atoms with Crippen LogP contribution in [0, 0.1) is 12.7 Å². The molecule has 3 amide bonds. The van der Waals surface area contributed by atoms with Crippen molar-refractivity contribution in [2.45, 2.75) is 13.5 Å². The van der Waals surface area contributed by atoms with Gasteiger partial charge in [0.25, 0.3) is 0 Å². The number of carbonyl (C=O) groups is 2. The summed E-state index contributed by atoms with van der Waals surface area (Å²) in [6, 6.07) is 5.62. The van der Waals surface area contributed by atoms with Crippen molar-refractivity contribution in [3.8, 4) is 0 Å². The molecule has 1 fully saturated rings. The van der Waals surface area contributed by atoms with Crippen molar-refractivity contribution in [3.05, 3.63) is 52.6 Å². The Labute approximate surface area is 172 Å². The van der Waals surface area contributed by atoms with E-state index in [2.05, 4.69) is 15.6 Å². The number of amides is 3. The molecule has 1 aromatic heterocycles. The fraction of sp³-hybridized carbons (Fsp3) is 0.316. The second-order valence-corrected chi connectivity index (χ2v) is 7.14. The van der Waals surface area contributed by atoms with E-state index in [1.54, 1.807) is 12.1 Å². The minimum absolute atomic E-state index is 0.0825. The van der Waals surface area contributed by atoms with Crippen LogP contribution >= 0.6 is 11.6 Å². The van der Waals surface area contributed by atoms with Crippen LogP contribution in [0.1, 0.15) is 11.3 Å². The zero-order chi connectivity index (χ0) is 21.0. The van der Waals surface area contributed by atoms with Gasteiger partial charge in [0.2, 0.25) is 0 Å². The normalized spacial score (nSPS) is 14.5. The number of pyridine rings is 1. The Morgan fingerprint density at radius 2 is 1.93 bits per heavy atom. The average molecular weight is 422 g/mol. The molecular formula is C19H21ClFN5O3. The first-order valence-electron chi connectivity index (χ1n) is 9.00. The Hall–Kier alpha value is -2.91. The number of nitrogens with one attached hydrogen (secondary N) is 2. The number of aryl methyl sites for hydroxylation is 1. The summed E-state index contributed by atoms with van der Waals surface area (Å²) in [6.07, 6.45) is 0.576. The van der Waals surface area contributed by atoms with E-state index >= 15 is 0 Å². The summed E-state index contributed by atoms with van der Waals surface area (Å²) in [5, 5.41) is 14.4. The first kappa shape index (κ1) is 20.8. The number of benzene rings is 1. The molecule has 0 spiro atoms. The summed E-state index contributed by atoms with van der Waals surface area (Å²) < 4.78 is 14.4. The molecule has 3 N–H and O–H groups in total. The molecule has 154 valence electrons. The van der Waals surface area contributed by atoms with Gasteiger partial charge in [-0.25, -0.2) is 14.0 Å². The highest BCUT2D eigenvalue weighted by Gasteiger charge is 2.21. The van der Waals surface area contributed by atoms with E-state index in [0.29, 0.717) is 37.4 Å². The maximum absolute atomic E-state index is 14.4. The number of halogens is 2. The topological polar surface area (TPSA) is 97.8 Å². The first-order valence-corrected chi connectivity index (χ1v) is 9.38. The largest absolute Gasteiger partial charge is 0.465 e. The van der Waals surface area contributed by atoms with Gasteiger partial charge in [0.1, 0.15) is 5.82 Å². The molecule has 8 nitrogen and oxygen atoms in total. The number of nitrogens with zero attached hydrogens (tertiary/aromatic N) is 3. The highest BCUT2D eigenvalue weighted by atomic mass is 35.5. The number of hydrogen-bond acceptors (Lipinski definition) is 4. The third-order valence-electron chi connectivity index (χ3n) is 4.59. The van der Waals surface area contributed by atoms with Crippen molar-refractivity contribution >= 4 is 35.1 Å². The highest BCUT2D eigenvalue weighted by Crippen LogP contribution is 2.27. The smallest absolute Gasteiger partial charge is 0.407 e. The molecule has 1 aliphatic rings.